The fraction of sp³-hybridized carbons (Fsp3) is 0.509. The number of rotatable bonds is 5. The van der Waals surface area contributed by atoms with Crippen LogP contribution >= 0.6 is 11.3 Å². The zero-order valence-electron chi connectivity index (χ0n) is 46.6. The molecular formula is C57H84F2N6O4S2. The highest BCUT2D eigenvalue weighted by molar-refractivity contribution is 7.90. The van der Waals surface area contributed by atoms with Crippen molar-refractivity contribution in [2.75, 3.05) is 12.9 Å². The summed E-state index contributed by atoms with van der Waals surface area (Å²) in [6.07, 6.45) is 9.37. The first-order valence-electron chi connectivity index (χ1n) is 23.8. The van der Waals surface area contributed by atoms with Crippen LogP contribution in [0.15, 0.2) is 114 Å². The summed E-state index contributed by atoms with van der Waals surface area (Å²) in [7, 11) is -3.13. The molecule has 0 fully saturated rings. The number of hydrogen-bond acceptors (Lipinski definition) is 11. The Bertz CT molecular complexity index is 2500. The van der Waals surface area contributed by atoms with Gasteiger partial charge in [-0.25, -0.2) is 13.4 Å². The van der Waals surface area contributed by atoms with Crippen LogP contribution in [0.5, 0.6) is 11.5 Å². The Labute approximate surface area is 430 Å². The normalized spacial score (nSPS) is 11.9. The molecule has 14 heteroatoms. The minimum atomic E-state index is -3.13. The van der Waals surface area contributed by atoms with Gasteiger partial charge in [-0.05, 0) is 74.5 Å². The Balaban J connectivity index is 0.000000429. The van der Waals surface area contributed by atoms with Gasteiger partial charge in [0.2, 0.25) is 0 Å². The monoisotopic (exact) mass is 1020 g/mol. The Morgan fingerprint density at radius 1 is 0.521 bits per heavy atom. The van der Waals surface area contributed by atoms with Crippen LogP contribution in [0.2, 0.25) is 0 Å². The van der Waals surface area contributed by atoms with Gasteiger partial charge in [0.1, 0.15) is 11.5 Å². The molecule has 6 heterocycles. The van der Waals surface area contributed by atoms with Crippen LogP contribution in [0, 0.1) is 6.92 Å². The number of halogens is 2. The van der Waals surface area contributed by atoms with E-state index in [4.69, 9.17) is 4.74 Å². The van der Waals surface area contributed by atoms with E-state index in [0.717, 1.165) is 39.9 Å². The molecule has 0 aliphatic rings. The third kappa shape index (κ3) is 26.2. The number of hydrogen-bond donors (Lipinski definition) is 0. The van der Waals surface area contributed by atoms with Gasteiger partial charge in [0.15, 0.2) is 9.84 Å². The Hall–Kier alpha value is -5.21. The lowest BCUT2D eigenvalue weighted by atomic mass is 9.91. The van der Waals surface area contributed by atoms with Crippen molar-refractivity contribution < 1.29 is 26.7 Å². The van der Waals surface area contributed by atoms with Gasteiger partial charge in [-0.2, -0.15) is 8.78 Å². The van der Waals surface area contributed by atoms with Gasteiger partial charge in [0, 0.05) is 96.9 Å². The summed E-state index contributed by atoms with van der Waals surface area (Å²) in [4.78, 5) is 25.7. The Morgan fingerprint density at radius 3 is 1.25 bits per heavy atom. The molecule has 0 saturated carbocycles. The summed E-state index contributed by atoms with van der Waals surface area (Å²) in [6, 6.07) is 22.7. The van der Waals surface area contributed by atoms with Crippen molar-refractivity contribution in [2.24, 2.45) is 0 Å². The van der Waals surface area contributed by atoms with Gasteiger partial charge in [0.25, 0.3) is 0 Å². The number of aryl methyl sites for hydroxylation is 1. The second-order valence-corrected chi connectivity index (χ2v) is 25.8. The van der Waals surface area contributed by atoms with Gasteiger partial charge in [-0.1, -0.05) is 137 Å². The van der Waals surface area contributed by atoms with Crippen molar-refractivity contribution in [1.29, 1.82) is 0 Å². The second-order valence-electron chi connectivity index (χ2n) is 22.9. The maximum absolute atomic E-state index is 11.8. The van der Waals surface area contributed by atoms with E-state index in [1.807, 2.05) is 103 Å². The van der Waals surface area contributed by atoms with Crippen molar-refractivity contribution in [3.05, 3.63) is 148 Å². The molecule has 0 unspecified atom stereocenters. The number of nitrogens with zero attached hydrogens (tertiary/aromatic N) is 6. The smallest absolute Gasteiger partial charge is 0.387 e. The largest absolute Gasteiger partial charge is 0.492 e. The van der Waals surface area contributed by atoms with Crippen LogP contribution in [0.25, 0.3) is 0 Å². The molecular weight excluding hydrogens is 935 g/mol. The van der Waals surface area contributed by atoms with Crippen LogP contribution in [0.3, 0.4) is 0 Å². The third-order valence-corrected chi connectivity index (χ3v) is 11.9. The van der Waals surface area contributed by atoms with Crippen molar-refractivity contribution in [2.45, 2.75) is 182 Å². The van der Waals surface area contributed by atoms with Crippen molar-refractivity contribution in [3.8, 4) is 11.5 Å². The molecule has 6 aromatic heterocycles. The maximum atomic E-state index is 11.8. The molecule has 0 atom stereocenters. The zero-order valence-corrected chi connectivity index (χ0v) is 48.2. The van der Waals surface area contributed by atoms with E-state index in [0.29, 0.717) is 6.61 Å². The van der Waals surface area contributed by atoms with Crippen molar-refractivity contribution >= 4 is 21.2 Å². The van der Waals surface area contributed by atoms with Gasteiger partial charge in [0.05, 0.1) is 28.9 Å². The van der Waals surface area contributed by atoms with Crippen LogP contribution in [-0.4, -0.2) is 57.8 Å². The highest BCUT2D eigenvalue weighted by atomic mass is 32.2. The minimum Gasteiger partial charge on any atom is -0.492 e. The first-order chi connectivity index (χ1) is 32.3. The quantitative estimate of drug-likeness (QED) is 0.164. The Kier molecular flexibility index (Phi) is 24.8. The van der Waals surface area contributed by atoms with Crippen LogP contribution in [0.4, 0.5) is 8.78 Å². The van der Waals surface area contributed by atoms with Crippen LogP contribution < -0.4 is 9.47 Å². The standard InChI is InChI=1S/C11H17NO.C10H13F2NO.C10H15NO2S.C10H15N.C9H13N.C7H11NS/c1-5-13-9-6-7-10(12-8-9)11(2,3)4;1-10(2,3)8-5-4-7(6-13-8)14-9(11)12;1-10(2,3)9-6-5-8(7-11-9)14(4,12)13;1-8-6-5-7-9(11-8)10(2,3)4;1-9(2,3)8-6-4-5-7-10-8;1-7(2,3)6-8-4-5-9-6/h6-8H,5H2,1-4H3;4-6,9H,1-3H3;5-7H,1-4H3;5-7H,1-4H3;4-7H,1-3H3;4-5H,1-3H3. The molecule has 0 bridgehead atoms. The predicted octanol–water partition coefficient (Wildman–Crippen LogP) is 15.0. The summed E-state index contributed by atoms with van der Waals surface area (Å²) in [5.74, 6) is 0.934. The fourth-order valence-corrected chi connectivity index (χ4v) is 6.76. The van der Waals surface area contributed by atoms with Crippen LogP contribution in [0.1, 0.15) is 171 Å². The minimum absolute atomic E-state index is 0.0456. The van der Waals surface area contributed by atoms with E-state index in [1.165, 1.54) is 29.7 Å². The number of thiazole rings is 1. The molecule has 0 aromatic carbocycles. The van der Waals surface area contributed by atoms with E-state index < -0.39 is 16.4 Å². The van der Waals surface area contributed by atoms with Gasteiger partial charge in [-0.15, -0.1) is 11.3 Å². The fourth-order valence-electron chi connectivity index (χ4n) is 5.48. The molecule has 6 rings (SSSR count). The van der Waals surface area contributed by atoms with Crippen molar-refractivity contribution in [3.63, 3.8) is 0 Å². The lowest BCUT2D eigenvalue weighted by Crippen LogP contribution is -2.13. The lowest BCUT2D eigenvalue weighted by molar-refractivity contribution is -0.0501. The number of sulfone groups is 1. The van der Waals surface area contributed by atoms with Gasteiger partial charge in [-0.3, -0.25) is 24.9 Å². The second kappa shape index (κ2) is 27.6. The highest BCUT2D eigenvalue weighted by Crippen LogP contribution is 2.26. The van der Waals surface area contributed by atoms with E-state index >= 15 is 0 Å². The van der Waals surface area contributed by atoms with E-state index in [2.05, 4.69) is 136 Å². The number of aromatic nitrogens is 6. The molecule has 0 aliphatic carbocycles. The molecule has 392 valence electrons. The molecule has 0 radical (unpaired) electrons. The van der Waals surface area contributed by atoms with E-state index in [1.54, 1.807) is 35.7 Å². The third-order valence-electron chi connectivity index (χ3n) is 9.64. The average molecular weight is 1020 g/mol. The van der Waals surface area contributed by atoms with Gasteiger partial charge >= 0.3 is 6.61 Å². The van der Waals surface area contributed by atoms with E-state index in [9.17, 15) is 17.2 Å². The van der Waals surface area contributed by atoms with Crippen LogP contribution in [-0.2, 0) is 42.3 Å². The first kappa shape index (κ1) is 63.8. The van der Waals surface area contributed by atoms with Gasteiger partial charge < -0.3 is 9.47 Å². The Morgan fingerprint density at radius 2 is 0.972 bits per heavy atom. The first-order valence-corrected chi connectivity index (χ1v) is 26.6. The summed E-state index contributed by atoms with van der Waals surface area (Å²) in [5.41, 5.74) is 6.82. The molecule has 10 nitrogen and oxygen atoms in total. The molecule has 6 aromatic rings. The van der Waals surface area contributed by atoms with E-state index in [-0.39, 0.29) is 43.1 Å². The predicted molar refractivity (Wildman–Crippen MR) is 291 cm³/mol. The molecule has 0 saturated heterocycles. The number of pyridine rings is 5. The molecule has 71 heavy (non-hydrogen) atoms. The number of alkyl halides is 2. The maximum Gasteiger partial charge on any atom is 0.387 e. The molecule has 0 amide bonds. The average Bonchev–Trinajstić information content (AvgIpc) is 3.81. The highest BCUT2D eigenvalue weighted by Gasteiger charge is 2.19. The number of ether oxygens (including phenoxy) is 2. The molecule has 0 N–H and O–H groups in total. The molecule has 0 aliphatic heterocycles. The summed E-state index contributed by atoms with van der Waals surface area (Å²) < 4.78 is 55.4. The molecule has 0 spiro atoms. The summed E-state index contributed by atoms with van der Waals surface area (Å²) in [5, 5.41) is 3.23. The summed E-state index contributed by atoms with van der Waals surface area (Å²) in [6.45, 7) is 40.0. The van der Waals surface area contributed by atoms with Crippen molar-refractivity contribution in [1.82, 2.24) is 29.9 Å². The lowest BCUT2D eigenvalue weighted by Gasteiger charge is -2.17. The zero-order chi connectivity index (χ0) is 54.6. The topological polar surface area (TPSA) is 130 Å². The summed E-state index contributed by atoms with van der Waals surface area (Å²) >= 11 is 1.72. The SMILES string of the molecule is CC(C)(C)c1ccc(OC(F)F)cn1.CC(C)(C)c1ccc(S(C)(=O)=O)cn1.CC(C)(C)c1ccccn1.CC(C)(C)c1nccs1.CCOc1ccc(C(C)(C)C)nc1.Cc1cccc(C(C)(C)C)n1.